The molecular formula is C15H16BrNO3. The molecule has 2 unspecified atom stereocenters. The van der Waals surface area contributed by atoms with Crippen molar-refractivity contribution >= 4 is 33.9 Å². The zero-order valence-electron chi connectivity index (χ0n) is 10.9. The predicted molar refractivity (Wildman–Crippen MR) is 80.1 cm³/mol. The first kappa shape index (κ1) is 14.8. The highest BCUT2D eigenvalue weighted by atomic mass is 79.9. The minimum absolute atomic E-state index is 0.0317. The van der Waals surface area contributed by atoms with Crippen molar-refractivity contribution in [1.82, 2.24) is 5.32 Å². The molecular weight excluding hydrogens is 322 g/mol. The van der Waals surface area contributed by atoms with Crippen LogP contribution < -0.4 is 5.32 Å². The molecule has 0 aliphatic heterocycles. The second-order valence-corrected chi connectivity index (χ2v) is 5.86. The van der Waals surface area contributed by atoms with Gasteiger partial charge in [-0.2, -0.15) is 0 Å². The highest BCUT2D eigenvalue weighted by molar-refractivity contribution is 9.10. The summed E-state index contributed by atoms with van der Waals surface area (Å²) in [6.07, 6.45) is 5.11. The first-order valence-corrected chi connectivity index (χ1v) is 7.31. The minimum atomic E-state index is -0.772. The van der Waals surface area contributed by atoms with Crippen LogP contribution in [-0.4, -0.2) is 23.0 Å². The van der Waals surface area contributed by atoms with Crippen LogP contribution in [0.4, 0.5) is 0 Å². The number of hydrogen-bond acceptors (Lipinski definition) is 2. The SMILES string of the molecule is O=C(C=Cc1cccc(Br)c1)NC1CCC(C(=O)O)C1. The van der Waals surface area contributed by atoms with E-state index in [1.54, 1.807) is 6.08 Å². The molecule has 0 spiro atoms. The van der Waals surface area contributed by atoms with Gasteiger partial charge in [0.25, 0.3) is 0 Å². The summed E-state index contributed by atoms with van der Waals surface area (Å²) in [5, 5.41) is 11.8. The van der Waals surface area contributed by atoms with E-state index >= 15 is 0 Å². The lowest BCUT2D eigenvalue weighted by Crippen LogP contribution is -2.31. The van der Waals surface area contributed by atoms with Crippen LogP contribution in [0, 0.1) is 5.92 Å². The van der Waals surface area contributed by atoms with Gasteiger partial charge < -0.3 is 10.4 Å². The molecule has 2 atom stereocenters. The molecule has 2 N–H and O–H groups in total. The molecule has 5 heteroatoms. The monoisotopic (exact) mass is 337 g/mol. The van der Waals surface area contributed by atoms with E-state index in [0.717, 1.165) is 16.5 Å². The third-order valence-corrected chi connectivity index (χ3v) is 3.90. The summed E-state index contributed by atoms with van der Waals surface area (Å²) < 4.78 is 0.958. The lowest BCUT2D eigenvalue weighted by Gasteiger charge is -2.10. The number of aliphatic carboxylic acids is 1. The summed E-state index contributed by atoms with van der Waals surface area (Å²) in [5.74, 6) is -1.28. The Labute approximate surface area is 126 Å². The van der Waals surface area contributed by atoms with E-state index in [0.29, 0.717) is 12.8 Å². The molecule has 0 heterocycles. The molecule has 1 aromatic rings. The average molecular weight is 338 g/mol. The molecule has 1 amide bonds. The summed E-state index contributed by atoms with van der Waals surface area (Å²) in [7, 11) is 0. The maximum atomic E-state index is 11.8. The van der Waals surface area contributed by atoms with Gasteiger partial charge in [0.2, 0.25) is 5.91 Å². The van der Waals surface area contributed by atoms with Crippen LogP contribution in [0.15, 0.2) is 34.8 Å². The van der Waals surface area contributed by atoms with E-state index in [1.807, 2.05) is 24.3 Å². The number of carbonyl (C=O) groups excluding carboxylic acids is 1. The summed E-state index contributed by atoms with van der Waals surface area (Å²) in [4.78, 5) is 22.6. The van der Waals surface area contributed by atoms with Gasteiger partial charge in [-0.15, -0.1) is 0 Å². The Morgan fingerprint density at radius 2 is 2.15 bits per heavy atom. The Balaban J connectivity index is 1.86. The molecule has 0 bridgehead atoms. The summed E-state index contributed by atoms with van der Waals surface area (Å²) in [6.45, 7) is 0. The lowest BCUT2D eigenvalue weighted by molar-refractivity contribution is -0.141. The molecule has 20 heavy (non-hydrogen) atoms. The number of rotatable bonds is 4. The third kappa shape index (κ3) is 4.20. The van der Waals surface area contributed by atoms with E-state index in [1.165, 1.54) is 6.08 Å². The summed E-state index contributed by atoms with van der Waals surface area (Å²) >= 11 is 3.37. The Bertz CT molecular complexity index is 542. The Morgan fingerprint density at radius 1 is 1.35 bits per heavy atom. The van der Waals surface area contributed by atoms with Crippen molar-refractivity contribution in [3.05, 3.63) is 40.4 Å². The lowest BCUT2D eigenvalue weighted by atomic mass is 10.1. The molecule has 0 saturated heterocycles. The molecule has 106 valence electrons. The van der Waals surface area contributed by atoms with Gasteiger partial charge in [0, 0.05) is 16.6 Å². The van der Waals surface area contributed by atoms with Gasteiger partial charge in [-0.3, -0.25) is 9.59 Å². The van der Waals surface area contributed by atoms with Crippen LogP contribution in [0.5, 0.6) is 0 Å². The molecule has 0 aromatic heterocycles. The van der Waals surface area contributed by atoms with Crippen molar-refractivity contribution in [2.75, 3.05) is 0 Å². The summed E-state index contributed by atoms with van der Waals surface area (Å²) in [6, 6.07) is 7.61. The standard InChI is InChI=1S/C15H16BrNO3/c16-12-3-1-2-10(8-12)4-7-14(18)17-13-6-5-11(9-13)15(19)20/h1-4,7-8,11,13H,5-6,9H2,(H,17,18)(H,19,20). The van der Waals surface area contributed by atoms with Gasteiger partial charge in [-0.1, -0.05) is 28.1 Å². The fourth-order valence-electron chi connectivity index (χ4n) is 2.37. The summed E-state index contributed by atoms with van der Waals surface area (Å²) in [5.41, 5.74) is 0.935. The van der Waals surface area contributed by atoms with E-state index in [2.05, 4.69) is 21.2 Å². The van der Waals surface area contributed by atoms with E-state index in [4.69, 9.17) is 5.11 Å². The topological polar surface area (TPSA) is 66.4 Å². The van der Waals surface area contributed by atoms with Crippen molar-refractivity contribution in [2.24, 2.45) is 5.92 Å². The molecule has 1 aliphatic rings. The fourth-order valence-corrected chi connectivity index (χ4v) is 2.79. The van der Waals surface area contributed by atoms with Crippen LogP contribution in [-0.2, 0) is 9.59 Å². The number of carboxylic acids is 1. The molecule has 0 radical (unpaired) electrons. The number of benzene rings is 1. The first-order chi connectivity index (χ1) is 9.54. The third-order valence-electron chi connectivity index (χ3n) is 3.40. The minimum Gasteiger partial charge on any atom is -0.481 e. The first-order valence-electron chi connectivity index (χ1n) is 6.51. The number of hydrogen-bond donors (Lipinski definition) is 2. The van der Waals surface area contributed by atoms with Crippen molar-refractivity contribution < 1.29 is 14.7 Å². The number of nitrogens with one attached hydrogen (secondary N) is 1. The van der Waals surface area contributed by atoms with Crippen LogP contribution in [0.2, 0.25) is 0 Å². The van der Waals surface area contributed by atoms with E-state index in [9.17, 15) is 9.59 Å². The highest BCUT2D eigenvalue weighted by Gasteiger charge is 2.30. The van der Waals surface area contributed by atoms with Crippen LogP contribution in [0.1, 0.15) is 24.8 Å². The van der Waals surface area contributed by atoms with Crippen LogP contribution >= 0.6 is 15.9 Å². The number of carbonyl (C=O) groups is 2. The number of amides is 1. The van der Waals surface area contributed by atoms with Crippen molar-refractivity contribution in [3.63, 3.8) is 0 Å². The van der Waals surface area contributed by atoms with Gasteiger partial charge in [0.1, 0.15) is 0 Å². The zero-order valence-corrected chi connectivity index (χ0v) is 12.5. The smallest absolute Gasteiger partial charge is 0.306 e. The second-order valence-electron chi connectivity index (χ2n) is 4.94. The predicted octanol–water partition coefficient (Wildman–Crippen LogP) is 2.83. The van der Waals surface area contributed by atoms with Gasteiger partial charge >= 0.3 is 5.97 Å². The Hall–Kier alpha value is -1.62. The van der Waals surface area contributed by atoms with E-state index in [-0.39, 0.29) is 17.9 Å². The van der Waals surface area contributed by atoms with Gasteiger partial charge in [0.05, 0.1) is 5.92 Å². The van der Waals surface area contributed by atoms with Crippen molar-refractivity contribution in [3.8, 4) is 0 Å². The molecule has 4 nitrogen and oxygen atoms in total. The van der Waals surface area contributed by atoms with Gasteiger partial charge in [-0.05, 0) is 43.0 Å². The van der Waals surface area contributed by atoms with Gasteiger partial charge in [0.15, 0.2) is 0 Å². The van der Waals surface area contributed by atoms with Crippen molar-refractivity contribution in [1.29, 1.82) is 0 Å². The van der Waals surface area contributed by atoms with Crippen LogP contribution in [0.3, 0.4) is 0 Å². The van der Waals surface area contributed by atoms with Crippen LogP contribution in [0.25, 0.3) is 6.08 Å². The molecule has 1 saturated carbocycles. The zero-order chi connectivity index (χ0) is 14.5. The molecule has 1 fully saturated rings. The quantitative estimate of drug-likeness (QED) is 0.830. The number of halogens is 1. The number of carboxylic acid groups (broad SMARTS) is 1. The molecule has 1 aliphatic carbocycles. The van der Waals surface area contributed by atoms with Gasteiger partial charge in [-0.25, -0.2) is 0 Å². The van der Waals surface area contributed by atoms with E-state index < -0.39 is 5.97 Å². The molecule has 2 rings (SSSR count). The largest absolute Gasteiger partial charge is 0.481 e. The second kappa shape index (κ2) is 6.70. The Morgan fingerprint density at radius 3 is 2.80 bits per heavy atom. The van der Waals surface area contributed by atoms with Crippen molar-refractivity contribution in [2.45, 2.75) is 25.3 Å². The molecule has 1 aromatic carbocycles. The average Bonchev–Trinajstić information content (AvgIpc) is 2.85. The maximum absolute atomic E-state index is 11.8. The fraction of sp³-hybridized carbons (Fsp3) is 0.333. The maximum Gasteiger partial charge on any atom is 0.306 e. The Kier molecular flexibility index (Phi) is 4.95. The normalized spacial score (nSPS) is 22.1. The highest BCUT2D eigenvalue weighted by Crippen LogP contribution is 2.25.